The summed E-state index contributed by atoms with van der Waals surface area (Å²) in [6, 6.07) is 11.0. The molecule has 1 aromatic carbocycles. The molecule has 0 bridgehead atoms. The molecule has 0 saturated heterocycles. The second-order valence-electron chi connectivity index (χ2n) is 5.71. The SMILES string of the molecule is CCNCC(CC)(CCC(C)C)c1ccccc1. The number of rotatable bonds is 8. The molecule has 0 heterocycles. The van der Waals surface area contributed by atoms with Crippen LogP contribution >= 0.6 is 0 Å². The molecule has 1 rings (SSSR count). The van der Waals surface area contributed by atoms with Gasteiger partial charge in [0.2, 0.25) is 0 Å². The Kier molecular flexibility index (Phi) is 6.42. The first-order valence-electron chi connectivity index (χ1n) is 7.41. The van der Waals surface area contributed by atoms with Gasteiger partial charge in [0.1, 0.15) is 0 Å². The third-order valence-electron chi connectivity index (χ3n) is 3.98. The molecule has 18 heavy (non-hydrogen) atoms. The predicted molar refractivity (Wildman–Crippen MR) is 81.0 cm³/mol. The van der Waals surface area contributed by atoms with Gasteiger partial charge < -0.3 is 5.32 Å². The van der Waals surface area contributed by atoms with Crippen molar-refractivity contribution in [3.63, 3.8) is 0 Å². The Bertz CT molecular complexity index is 318. The molecule has 0 aliphatic carbocycles. The van der Waals surface area contributed by atoms with Crippen LogP contribution in [0.3, 0.4) is 0 Å². The van der Waals surface area contributed by atoms with Crippen LogP contribution in [0.2, 0.25) is 0 Å². The summed E-state index contributed by atoms with van der Waals surface area (Å²) in [6.07, 6.45) is 3.78. The molecule has 1 heteroatoms. The summed E-state index contributed by atoms with van der Waals surface area (Å²) in [6.45, 7) is 11.3. The summed E-state index contributed by atoms with van der Waals surface area (Å²) in [5.74, 6) is 0.779. The highest BCUT2D eigenvalue weighted by molar-refractivity contribution is 5.26. The minimum atomic E-state index is 0.307. The van der Waals surface area contributed by atoms with Crippen LogP contribution in [0, 0.1) is 5.92 Å². The van der Waals surface area contributed by atoms with Crippen molar-refractivity contribution in [2.45, 2.75) is 52.4 Å². The second kappa shape index (κ2) is 7.58. The van der Waals surface area contributed by atoms with Crippen molar-refractivity contribution in [2.75, 3.05) is 13.1 Å². The lowest BCUT2D eigenvalue weighted by molar-refractivity contribution is 0.328. The fourth-order valence-corrected chi connectivity index (χ4v) is 2.56. The van der Waals surface area contributed by atoms with Gasteiger partial charge in [0.25, 0.3) is 0 Å². The molecular formula is C17H29N. The maximum Gasteiger partial charge on any atom is 0.00752 e. The Hall–Kier alpha value is -0.820. The summed E-state index contributed by atoms with van der Waals surface area (Å²) >= 11 is 0. The van der Waals surface area contributed by atoms with Gasteiger partial charge in [-0.2, -0.15) is 0 Å². The molecule has 0 aliphatic heterocycles. The lowest BCUT2D eigenvalue weighted by atomic mass is 9.73. The highest BCUT2D eigenvalue weighted by Gasteiger charge is 2.29. The maximum absolute atomic E-state index is 3.56. The van der Waals surface area contributed by atoms with E-state index >= 15 is 0 Å². The van der Waals surface area contributed by atoms with E-state index in [1.807, 2.05) is 0 Å². The van der Waals surface area contributed by atoms with Crippen molar-refractivity contribution in [2.24, 2.45) is 5.92 Å². The molecule has 1 aromatic rings. The minimum Gasteiger partial charge on any atom is -0.316 e. The van der Waals surface area contributed by atoms with E-state index < -0.39 is 0 Å². The van der Waals surface area contributed by atoms with Gasteiger partial charge in [-0.25, -0.2) is 0 Å². The van der Waals surface area contributed by atoms with E-state index in [1.165, 1.54) is 24.8 Å². The Morgan fingerprint density at radius 1 is 1.11 bits per heavy atom. The van der Waals surface area contributed by atoms with Crippen molar-refractivity contribution in [1.29, 1.82) is 0 Å². The molecule has 1 N–H and O–H groups in total. The fraction of sp³-hybridized carbons (Fsp3) is 0.647. The number of nitrogens with one attached hydrogen (secondary N) is 1. The third-order valence-corrected chi connectivity index (χ3v) is 3.98. The average molecular weight is 247 g/mol. The topological polar surface area (TPSA) is 12.0 Å². The van der Waals surface area contributed by atoms with E-state index in [-0.39, 0.29) is 0 Å². The summed E-state index contributed by atoms with van der Waals surface area (Å²) in [5, 5.41) is 3.56. The van der Waals surface area contributed by atoms with Gasteiger partial charge >= 0.3 is 0 Å². The first-order valence-corrected chi connectivity index (χ1v) is 7.41. The van der Waals surface area contributed by atoms with Crippen LogP contribution < -0.4 is 5.32 Å². The summed E-state index contributed by atoms with van der Waals surface area (Å²) in [4.78, 5) is 0. The Balaban J connectivity index is 2.90. The highest BCUT2D eigenvalue weighted by Crippen LogP contribution is 2.33. The molecule has 1 atom stereocenters. The van der Waals surface area contributed by atoms with E-state index in [1.54, 1.807) is 0 Å². The summed E-state index contributed by atoms with van der Waals surface area (Å²) < 4.78 is 0. The van der Waals surface area contributed by atoms with Crippen LogP contribution in [0.1, 0.15) is 52.5 Å². The largest absolute Gasteiger partial charge is 0.316 e. The van der Waals surface area contributed by atoms with Gasteiger partial charge in [-0.1, -0.05) is 64.4 Å². The van der Waals surface area contributed by atoms with E-state index in [2.05, 4.69) is 63.3 Å². The lowest BCUT2D eigenvalue weighted by Gasteiger charge is -2.34. The van der Waals surface area contributed by atoms with Gasteiger partial charge in [-0.05, 0) is 30.9 Å². The van der Waals surface area contributed by atoms with Gasteiger partial charge in [0, 0.05) is 12.0 Å². The normalized spacial score (nSPS) is 14.7. The van der Waals surface area contributed by atoms with Crippen LogP contribution in [-0.4, -0.2) is 13.1 Å². The lowest BCUT2D eigenvalue weighted by Crippen LogP contribution is -2.38. The number of hydrogen-bond acceptors (Lipinski definition) is 1. The molecule has 102 valence electrons. The molecule has 0 aliphatic rings. The Labute approximate surface area is 113 Å². The smallest absolute Gasteiger partial charge is 0.00752 e. The fourth-order valence-electron chi connectivity index (χ4n) is 2.56. The molecule has 0 radical (unpaired) electrons. The van der Waals surface area contributed by atoms with Crippen LogP contribution in [0.4, 0.5) is 0 Å². The molecule has 0 amide bonds. The minimum absolute atomic E-state index is 0.307. The second-order valence-corrected chi connectivity index (χ2v) is 5.71. The monoisotopic (exact) mass is 247 g/mol. The van der Waals surface area contributed by atoms with Crippen LogP contribution in [-0.2, 0) is 5.41 Å². The number of hydrogen-bond donors (Lipinski definition) is 1. The highest BCUT2D eigenvalue weighted by atomic mass is 14.9. The zero-order valence-electron chi connectivity index (χ0n) is 12.5. The summed E-state index contributed by atoms with van der Waals surface area (Å²) in [5.41, 5.74) is 1.80. The number of benzene rings is 1. The average Bonchev–Trinajstić information content (AvgIpc) is 2.40. The van der Waals surface area contributed by atoms with E-state index in [0.29, 0.717) is 5.41 Å². The van der Waals surface area contributed by atoms with Gasteiger partial charge in [0.15, 0.2) is 0 Å². The first-order chi connectivity index (χ1) is 8.64. The molecule has 0 aromatic heterocycles. The third kappa shape index (κ3) is 4.13. The maximum atomic E-state index is 3.56. The van der Waals surface area contributed by atoms with E-state index in [0.717, 1.165) is 19.0 Å². The molecular weight excluding hydrogens is 218 g/mol. The molecule has 0 spiro atoms. The standard InChI is InChI=1S/C17H29N/c1-5-17(14-18-6-2,13-12-15(3)4)16-10-8-7-9-11-16/h7-11,15,18H,5-6,12-14H2,1-4H3. The molecule has 1 nitrogen and oxygen atoms in total. The van der Waals surface area contributed by atoms with Crippen molar-refractivity contribution in [3.05, 3.63) is 35.9 Å². The van der Waals surface area contributed by atoms with Crippen molar-refractivity contribution in [3.8, 4) is 0 Å². The van der Waals surface area contributed by atoms with Gasteiger partial charge in [-0.3, -0.25) is 0 Å². The van der Waals surface area contributed by atoms with Gasteiger partial charge in [0.05, 0.1) is 0 Å². The van der Waals surface area contributed by atoms with Crippen molar-refractivity contribution >= 4 is 0 Å². The zero-order chi connectivity index (χ0) is 13.4. The Morgan fingerprint density at radius 2 is 1.78 bits per heavy atom. The quantitative estimate of drug-likeness (QED) is 0.719. The zero-order valence-corrected chi connectivity index (χ0v) is 12.5. The van der Waals surface area contributed by atoms with Crippen LogP contribution in [0.15, 0.2) is 30.3 Å². The summed E-state index contributed by atoms with van der Waals surface area (Å²) in [7, 11) is 0. The van der Waals surface area contributed by atoms with Crippen LogP contribution in [0.5, 0.6) is 0 Å². The predicted octanol–water partition coefficient (Wildman–Crippen LogP) is 4.38. The molecule has 0 saturated carbocycles. The molecule has 0 fully saturated rings. The van der Waals surface area contributed by atoms with E-state index in [4.69, 9.17) is 0 Å². The van der Waals surface area contributed by atoms with Crippen molar-refractivity contribution in [1.82, 2.24) is 5.32 Å². The van der Waals surface area contributed by atoms with E-state index in [9.17, 15) is 0 Å². The van der Waals surface area contributed by atoms with Gasteiger partial charge in [-0.15, -0.1) is 0 Å². The Morgan fingerprint density at radius 3 is 2.28 bits per heavy atom. The van der Waals surface area contributed by atoms with Crippen LogP contribution in [0.25, 0.3) is 0 Å². The van der Waals surface area contributed by atoms with Crippen molar-refractivity contribution < 1.29 is 0 Å². The number of likely N-dealkylation sites (N-methyl/N-ethyl adjacent to an activating group) is 1. The first kappa shape index (κ1) is 15.2. The molecule has 1 unspecified atom stereocenters.